The van der Waals surface area contributed by atoms with Gasteiger partial charge in [-0.05, 0) is 135 Å². The summed E-state index contributed by atoms with van der Waals surface area (Å²) in [5.41, 5.74) is 4.49. The molecule has 0 N–H and O–H groups in total. The molecule has 1 aromatic carbocycles. The van der Waals surface area contributed by atoms with Crippen LogP contribution in [0.3, 0.4) is 0 Å². The van der Waals surface area contributed by atoms with Crippen molar-refractivity contribution in [2.24, 2.45) is 46.3 Å². The Kier molecular flexibility index (Phi) is 9.15. The molecule has 5 nitrogen and oxygen atoms in total. The Hall–Kier alpha value is -2.56. The number of aryl methyl sites for hydroxylation is 1. The Morgan fingerprint density at radius 2 is 1.79 bits per heavy atom. The van der Waals surface area contributed by atoms with Gasteiger partial charge in [0, 0.05) is 23.4 Å². The van der Waals surface area contributed by atoms with Crippen molar-refractivity contribution >= 4 is 16.9 Å². The van der Waals surface area contributed by atoms with Gasteiger partial charge in [0.15, 0.2) is 6.61 Å². The molecule has 8 atom stereocenters. The maximum atomic E-state index is 13.0. The molecular formula is C42H58O5. The molecule has 0 radical (unpaired) electrons. The van der Waals surface area contributed by atoms with Gasteiger partial charge in [-0.3, -0.25) is 0 Å². The molecule has 0 bridgehead atoms. The minimum atomic E-state index is -0.326. The van der Waals surface area contributed by atoms with Gasteiger partial charge in [0.25, 0.3) is 0 Å². The smallest absolute Gasteiger partial charge is 0.344 e. The molecule has 3 fully saturated rings. The maximum Gasteiger partial charge on any atom is 0.344 e. The fourth-order valence-corrected chi connectivity index (χ4v) is 11.6. The number of fused-ring (bicyclic) bond motifs is 8. The zero-order valence-corrected chi connectivity index (χ0v) is 29.7. The summed E-state index contributed by atoms with van der Waals surface area (Å²) in [4.78, 5) is 25.5. The van der Waals surface area contributed by atoms with Crippen LogP contribution >= 0.6 is 0 Å². The van der Waals surface area contributed by atoms with Crippen LogP contribution in [0.15, 0.2) is 39.1 Å². The lowest BCUT2D eigenvalue weighted by Gasteiger charge is -2.58. The van der Waals surface area contributed by atoms with E-state index in [0.717, 1.165) is 97.0 Å². The molecule has 1 aromatic heterocycles. The number of benzene rings is 1. The predicted octanol–water partition coefficient (Wildman–Crippen LogP) is 10.0. The average molecular weight is 643 g/mol. The molecule has 1 heterocycles. The van der Waals surface area contributed by atoms with Gasteiger partial charge in [-0.2, -0.15) is 0 Å². The Balaban J connectivity index is 0.953. The maximum absolute atomic E-state index is 13.0. The molecular weight excluding hydrogens is 584 g/mol. The zero-order valence-electron chi connectivity index (χ0n) is 29.7. The van der Waals surface area contributed by atoms with Gasteiger partial charge < -0.3 is 13.9 Å². The first-order chi connectivity index (χ1) is 22.6. The van der Waals surface area contributed by atoms with Crippen LogP contribution in [0.4, 0.5) is 0 Å². The third-order valence-electron chi connectivity index (χ3n) is 14.1. The SMILES string of the molecule is CC(C)CCC[C@@H](C)[C@H]1CC[C@H]2[C@@H]3CC=C4C[C@@H](OC(=O)COc5ccc6c7c(c(=O)oc6c5)CCCC7)CC[C@]4(C)[C@H]3CC[C@]12C. The van der Waals surface area contributed by atoms with Gasteiger partial charge in [-0.25, -0.2) is 9.59 Å². The number of carbonyl (C=O) groups excluding carboxylic acids is 1. The molecule has 0 aliphatic heterocycles. The largest absolute Gasteiger partial charge is 0.482 e. The van der Waals surface area contributed by atoms with Crippen molar-refractivity contribution in [3.8, 4) is 5.75 Å². The average Bonchev–Trinajstić information content (AvgIpc) is 3.41. The number of hydrogen-bond donors (Lipinski definition) is 0. The van der Waals surface area contributed by atoms with E-state index in [2.05, 4.69) is 40.7 Å². The summed E-state index contributed by atoms with van der Waals surface area (Å²) in [6.07, 6.45) is 20.1. The fraction of sp³-hybridized carbons (Fsp3) is 0.714. The normalized spacial score (nSPS) is 33.7. The molecule has 0 spiro atoms. The van der Waals surface area contributed by atoms with Crippen LogP contribution in [0.2, 0.25) is 0 Å². The van der Waals surface area contributed by atoms with Crippen LogP contribution in [0, 0.1) is 46.3 Å². The molecule has 5 aliphatic carbocycles. The van der Waals surface area contributed by atoms with Crippen molar-refractivity contribution in [1.29, 1.82) is 0 Å². The highest BCUT2D eigenvalue weighted by molar-refractivity contribution is 5.83. The van der Waals surface area contributed by atoms with E-state index >= 15 is 0 Å². The van der Waals surface area contributed by atoms with Crippen LogP contribution < -0.4 is 10.4 Å². The summed E-state index contributed by atoms with van der Waals surface area (Å²) < 4.78 is 17.5. The Labute approximate surface area is 282 Å². The first kappa shape index (κ1) is 33.0. The Morgan fingerprint density at radius 3 is 2.60 bits per heavy atom. The second kappa shape index (κ2) is 13.0. The molecule has 47 heavy (non-hydrogen) atoms. The van der Waals surface area contributed by atoms with E-state index < -0.39 is 0 Å². The minimum absolute atomic E-state index is 0.0838. The number of hydrogen-bond acceptors (Lipinski definition) is 5. The van der Waals surface area contributed by atoms with Gasteiger partial charge in [0.1, 0.15) is 17.4 Å². The summed E-state index contributed by atoms with van der Waals surface area (Å²) in [6, 6.07) is 5.57. The number of rotatable bonds is 9. The quantitative estimate of drug-likeness (QED) is 0.155. The van der Waals surface area contributed by atoms with Crippen molar-refractivity contribution in [3.05, 3.63) is 51.4 Å². The van der Waals surface area contributed by atoms with E-state index in [0.29, 0.717) is 16.7 Å². The van der Waals surface area contributed by atoms with Crippen molar-refractivity contribution in [2.75, 3.05) is 6.61 Å². The number of carbonyl (C=O) groups is 1. The van der Waals surface area contributed by atoms with E-state index in [1.165, 1.54) is 56.9 Å². The van der Waals surface area contributed by atoms with E-state index in [4.69, 9.17) is 13.9 Å². The molecule has 3 saturated carbocycles. The van der Waals surface area contributed by atoms with Crippen LogP contribution in [0.25, 0.3) is 11.0 Å². The summed E-state index contributed by atoms with van der Waals surface area (Å²) in [7, 11) is 0. The topological polar surface area (TPSA) is 65.7 Å². The summed E-state index contributed by atoms with van der Waals surface area (Å²) in [5, 5.41) is 0.976. The first-order valence-corrected chi connectivity index (χ1v) is 19.2. The number of allylic oxidation sites excluding steroid dienone is 1. The zero-order chi connectivity index (χ0) is 32.9. The van der Waals surface area contributed by atoms with Gasteiger partial charge in [-0.15, -0.1) is 0 Å². The second-order valence-corrected chi connectivity index (χ2v) is 17.1. The monoisotopic (exact) mass is 642 g/mol. The van der Waals surface area contributed by atoms with Gasteiger partial charge >= 0.3 is 11.6 Å². The van der Waals surface area contributed by atoms with Crippen molar-refractivity contribution in [1.82, 2.24) is 0 Å². The van der Waals surface area contributed by atoms with E-state index in [9.17, 15) is 9.59 Å². The molecule has 5 heteroatoms. The lowest BCUT2D eigenvalue weighted by Crippen LogP contribution is -2.51. The highest BCUT2D eigenvalue weighted by atomic mass is 16.6. The lowest BCUT2D eigenvalue weighted by atomic mass is 9.47. The van der Waals surface area contributed by atoms with Gasteiger partial charge in [0.05, 0.1) is 0 Å². The molecule has 0 unspecified atom stereocenters. The van der Waals surface area contributed by atoms with Crippen molar-refractivity contribution in [2.45, 2.75) is 137 Å². The van der Waals surface area contributed by atoms with E-state index in [1.807, 2.05) is 12.1 Å². The molecule has 2 aromatic rings. The lowest BCUT2D eigenvalue weighted by molar-refractivity contribution is -0.153. The highest BCUT2D eigenvalue weighted by Gasteiger charge is 2.59. The van der Waals surface area contributed by atoms with Crippen LogP contribution in [-0.2, 0) is 22.4 Å². The molecule has 0 amide bonds. The van der Waals surface area contributed by atoms with E-state index in [1.54, 1.807) is 6.07 Å². The molecule has 5 aliphatic rings. The summed E-state index contributed by atoms with van der Waals surface area (Å²) in [5.74, 6) is 5.15. The van der Waals surface area contributed by atoms with E-state index in [-0.39, 0.29) is 29.7 Å². The number of ether oxygens (including phenoxy) is 2. The van der Waals surface area contributed by atoms with Crippen molar-refractivity contribution in [3.63, 3.8) is 0 Å². The van der Waals surface area contributed by atoms with Crippen LogP contribution in [0.1, 0.15) is 129 Å². The third-order valence-corrected chi connectivity index (χ3v) is 14.1. The minimum Gasteiger partial charge on any atom is -0.482 e. The molecule has 7 rings (SSSR count). The Morgan fingerprint density at radius 1 is 0.979 bits per heavy atom. The summed E-state index contributed by atoms with van der Waals surface area (Å²) >= 11 is 0. The van der Waals surface area contributed by atoms with Crippen LogP contribution in [-0.4, -0.2) is 18.7 Å². The van der Waals surface area contributed by atoms with Crippen LogP contribution in [0.5, 0.6) is 5.75 Å². The molecule has 256 valence electrons. The van der Waals surface area contributed by atoms with Crippen molar-refractivity contribution < 1.29 is 18.7 Å². The molecule has 0 saturated heterocycles. The van der Waals surface area contributed by atoms with Gasteiger partial charge in [0.2, 0.25) is 0 Å². The fourth-order valence-electron chi connectivity index (χ4n) is 11.6. The van der Waals surface area contributed by atoms with Gasteiger partial charge in [-0.1, -0.05) is 65.5 Å². The third kappa shape index (κ3) is 6.12. The highest BCUT2D eigenvalue weighted by Crippen LogP contribution is 2.67. The second-order valence-electron chi connectivity index (χ2n) is 17.1. The number of esters is 1. The predicted molar refractivity (Wildman–Crippen MR) is 188 cm³/mol. The summed E-state index contributed by atoms with van der Waals surface area (Å²) in [6.45, 7) is 12.3. The standard InChI is InChI=1S/C42H58O5/c1-26(2)9-8-10-27(3)35-17-18-36-34-15-13-28-23-30(19-21-41(28,4)37(34)20-22-42(35,36)5)46-39(43)25-45-29-14-16-32-31-11-6-7-12-33(31)40(44)47-38(32)24-29/h13-14,16,24,26-27,30,34-37H,6-12,15,17-23,25H2,1-5H3/t27-,30+,34+,35-,36+,37+,41+,42-/m1/s1. The first-order valence-electron chi connectivity index (χ1n) is 19.2. The Bertz CT molecular complexity index is 1570.